The van der Waals surface area contributed by atoms with Crippen LogP contribution in [-0.4, -0.2) is 8.42 Å². The van der Waals surface area contributed by atoms with E-state index in [1.807, 2.05) is 48.7 Å². The van der Waals surface area contributed by atoms with Crippen LogP contribution in [0, 0.1) is 6.92 Å². The van der Waals surface area contributed by atoms with E-state index in [0.29, 0.717) is 5.75 Å². The molecule has 1 heterocycles. The van der Waals surface area contributed by atoms with Gasteiger partial charge in [0, 0.05) is 15.5 Å². The SMILES string of the molecule is Cc1cccc(S(=O)(=O)Oc2c3ccccc3cc3sccc23)c1. The first kappa shape index (κ1) is 15.2. The number of thiophene rings is 1. The highest BCUT2D eigenvalue weighted by Gasteiger charge is 2.20. The maximum Gasteiger partial charge on any atom is 0.339 e. The first-order valence-corrected chi connectivity index (χ1v) is 9.73. The number of benzene rings is 3. The standard InChI is InChI=1S/C19H14O3S2/c1-13-5-4-7-15(11-13)24(20,21)22-19-16-8-3-2-6-14(16)12-18-17(19)9-10-23-18/h2-12H,1H3. The molecule has 0 amide bonds. The third-order valence-electron chi connectivity index (χ3n) is 3.90. The van der Waals surface area contributed by atoms with E-state index >= 15 is 0 Å². The van der Waals surface area contributed by atoms with Gasteiger partial charge in [0.2, 0.25) is 0 Å². The molecule has 120 valence electrons. The molecule has 0 aliphatic heterocycles. The molecular weight excluding hydrogens is 340 g/mol. The zero-order chi connectivity index (χ0) is 16.7. The molecule has 4 rings (SSSR count). The second kappa shape index (κ2) is 5.61. The van der Waals surface area contributed by atoms with Gasteiger partial charge >= 0.3 is 10.1 Å². The minimum absolute atomic E-state index is 0.166. The van der Waals surface area contributed by atoms with Crippen molar-refractivity contribution in [1.82, 2.24) is 0 Å². The molecule has 3 nitrogen and oxygen atoms in total. The Hall–Kier alpha value is -2.37. The minimum Gasteiger partial charge on any atom is -0.378 e. The predicted molar refractivity (Wildman–Crippen MR) is 98.3 cm³/mol. The van der Waals surface area contributed by atoms with Crippen molar-refractivity contribution in [3.8, 4) is 5.75 Å². The van der Waals surface area contributed by atoms with Crippen LogP contribution >= 0.6 is 11.3 Å². The summed E-state index contributed by atoms with van der Waals surface area (Å²) in [5.74, 6) is 0.394. The Kier molecular flexibility index (Phi) is 3.55. The molecule has 0 radical (unpaired) electrons. The largest absolute Gasteiger partial charge is 0.378 e. The molecule has 0 saturated carbocycles. The molecule has 5 heteroatoms. The molecule has 0 aliphatic carbocycles. The number of hydrogen-bond donors (Lipinski definition) is 0. The van der Waals surface area contributed by atoms with Gasteiger partial charge in [-0.25, -0.2) is 0 Å². The van der Waals surface area contributed by atoms with Gasteiger partial charge in [-0.05, 0) is 47.5 Å². The predicted octanol–water partition coefficient (Wildman–Crippen LogP) is 5.13. The molecule has 0 fully saturated rings. The van der Waals surface area contributed by atoms with Gasteiger partial charge in [0.25, 0.3) is 0 Å². The van der Waals surface area contributed by atoms with Gasteiger partial charge in [-0.15, -0.1) is 11.3 Å². The van der Waals surface area contributed by atoms with Crippen molar-refractivity contribution in [2.24, 2.45) is 0 Å². The number of rotatable bonds is 3. The molecule has 3 aromatic carbocycles. The van der Waals surface area contributed by atoms with E-state index in [4.69, 9.17) is 4.18 Å². The number of hydrogen-bond acceptors (Lipinski definition) is 4. The fourth-order valence-corrected chi connectivity index (χ4v) is 4.66. The Morgan fingerprint density at radius 3 is 2.58 bits per heavy atom. The zero-order valence-electron chi connectivity index (χ0n) is 12.9. The molecule has 1 aromatic heterocycles. The molecule has 0 N–H and O–H groups in total. The summed E-state index contributed by atoms with van der Waals surface area (Å²) in [7, 11) is -3.89. The van der Waals surface area contributed by atoms with Crippen LogP contribution < -0.4 is 4.18 Å². The number of fused-ring (bicyclic) bond motifs is 2. The Morgan fingerprint density at radius 2 is 1.75 bits per heavy atom. The minimum atomic E-state index is -3.89. The van der Waals surface area contributed by atoms with Gasteiger partial charge in [-0.2, -0.15) is 8.42 Å². The molecule has 4 aromatic rings. The fourth-order valence-electron chi connectivity index (χ4n) is 2.75. The first-order valence-electron chi connectivity index (χ1n) is 7.45. The van der Waals surface area contributed by atoms with E-state index in [2.05, 4.69) is 6.07 Å². The number of aryl methyl sites for hydroxylation is 1. The van der Waals surface area contributed by atoms with Crippen molar-refractivity contribution in [3.05, 3.63) is 71.6 Å². The van der Waals surface area contributed by atoms with Crippen LogP contribution in [0.25, 0.3) is 20.9 Å². The normalized spacial score (nSPS) is 11.9. The lowest BCUT2D eigenvalue weighted by Gasteiger charge is -2.11. The average molecular weight is 354 g/mol. The summed E-state index contributed by atoms with van der Waals surface area (Å²) in [5, 5.41) is 4.51. The Balaban J connectivity index is 1.93. The Bertz CT molecular complexity index is 1160. The third-order valence-corrected chi connectivity index (χ3v) is 5.98. The Morgan fingerprint density at radius 1 is 0.917 bits per heavy atom. The van der Waals surface area contributed by atoms with Crippen molar-refractivity contribution in [3.63, 3.8) is 0 Å². The highest BCUT2D eigenvalue weighted by Crippen LogP contribution is 2.38. The van der Waals surface area contributed by atoms with E-state index in [0.717, 1.165) is 26.4 Å². The summed E-state index contributed by atoms with van der Waals surface area (Å²) < 4.78 is 32.1. The fraction of sp³-hybridized carbons (Fsp3) is 0.0526. The highest BCUT2D eigenvalue weighted by molar-refractivity contribution is 7.87. The van der Waals surface area contributed by atoms with E-state index in [-0.39, 0.29) is 4.90 Å². The highest BCUT2D eigenvalue weighted by atomic mass is 32.2. The molecule has 0 bridgehead atoms. The topological polar surface area (TPSA) is 43.4 Å². The van der Waals surface area contributed by atoms with Gasteiger partial charge in [0.05, 0.1) is 0 Å². The van der Waals surface area contributed by atoms with Crippen molar-refractivity contribution >= 4 is 42.3 Å². The lowest BCUT2D eigenvalue weighted by atomic mass is 10.1. The van der Waals surface area contributed by atoms with E-state index < -0.39 is 10.1 Å². The molecular formula is C19H14O3S2. The van der Waals surface area contributed by atoms with Crippen LogP contribution in [-0.2, 0) is 10.1 Å². The lowest BCUT2D eigenvalue weighted by Crippen LogP contribution is -2.10. The summed E-state index contributed by atoms with van der Waals surface area (Å²) >= 11 is 1.57. The van der Waals surface area contributed by atoms with Gasteiger partial charge in [-0.1, -0.05) is 36.4 Å². The zero-order valence-corrected chi connectivity index (χ0v) is 14.5. The lowest BCUT2D eigenvalue weighted by molar-refractivity contribution is 0.491. The summed E-state index contributed by atoms with van der Waals surface area (Å²) in [6.07, 6.45) is 0. The molecule has 24 heavy (non-hydrogen) atoms. The second-order valence-electron chi connectivity index (χ2n) is 5.61. The quantitative estimate of drug-likeness (QED) is 0.479. The maximum atomic E-state index is 12.7. The second-order valence-corrected chi connectivity index (χ2v) is 8.11. The first-order chi connectivity index (χ1) is 11.5. The Labute approximate surface area is 144 Å². The monoisotopic (exact) mass is 354 g/mol. The molecule has 0 aliphatic rings. The van der Waals surface area contributed by atoms with Crippen LogP contribution in [0.5, 0.6) is 5.75 Å². The van der Waals surface area contributed by atoms with Crippen molar-refractivity contribution in [2.45, 2.75) is 11.8 Å². The van der Waals surface area contributed by atoms with Crippen molar-refractivity contribution in [1.29, 1.82) is 0 Å². The van der Waals surface area contributed by atoms with Crippen molar-refractivity contribution < 1.29 is 12.6 Å². The summed E-state index contributed by atoms with van der Waals surface area (Å²) in [6, 6.07) is 18.4. The van der Waals surface area contributed by atoms with Crippen LogP contribution in [0.2, 0.25) is 0 Å². The summed E-state index contributed by atoms with van der Waals surface area (Å²) in [5.41, 5.74) is 0.873. The third kappa shape index (κ3) is 2.56. The molecule has 0 atom stereocenters. The van der Waals surface area contributed by atoms with Crippen LogP contribution in [0.1, 0.15) is 5.56 Å². The van der Waals surface area contributed by atoms with E-state index in [1.54, 1.807) is 29.5 Å². The van der Waals surface area contributed by atoms with Crippen LogP contribution in [0.4, 0.5) is 0 Å². The van der Waals surface area contributed by atoms with Gasteiger partial charge < -0.3 is 4.18 Å². The van der Waals surface area contributed by atoms with E-state index in [1.165, 1.54) is 0 Å². The molecule has 0 unspecified atom stereocenters. The van der Waals surface area contributed by atoms with Gasteiger partial charge in [0.15, 0.2) is 5.75 Å². The van der Waals surface area contributed by atoms with Crippen molar-refractivity contribution in [2.75, 3.05) is 0 Å². The summed E-state index contributed by atoms with van der Waals surface area (Å²) in [4.78, 5) is 0.166. The van der Waals surface area contributed by atoms with Gasteiger partial charge in [-0.3, -0.25) is 0 Å². The van der Waals surface area contributed by atoms with E-state index in [9.17, 15) is 8.42 Å². The van der Waals surface area contributed by atoms with Crippen LogP contribution in [0.15, 0.2) is 70.9 Å². The summed E-state index contributed by atoms with van der Waals surface area (Å²) in [6.45, 7) is 1.86. The van der Waals surface area contributed by atoms with Crippen LogP contribution in [0.3, 0.4) is 0 Å². The molecule has 0 saturated heterocycles. The average Bonchev–Trinajstić information content (AvgIpc) is 3.03. The van der Waals surface area contributed by atoms with Gasteiger partial charge in [0.1, 0.15) is 4.90 Å². The smallest absolute Gasteiger partial charge is 0.339 e. The maximum absolute atomic E-state index is 12.7. The molecule has 0 spiro atoms.